The van der Waals surface area contributed by atoms with Gasteiger partial charge < -0.3 is 4.90 Å². The monoisotopic (exact) mass is 658 g/mol. The van der Waals surface area contributed by atoms with Crippen LogP contribution < -0.4 is 4.90 Å². The fraction of sp³-hybridized carbons (Fsp3) is 0.0200. The van der Waals surface area contributed by atoms with Crippen molar-refractivity contribution in [3.63, 3.8) is 0 Å². The summed E-state index contributed by atoms with van der Waals surface area (Å²) in [5.74, 6) is 0. The molecule has 0 unspecified atom stereocenters. The highest BCUT2D eigenvalue weighted by Gasteiger charge is 2.53. The van der Waals surface area contributed by atoms with E-state index in [4.69, 9.17) is 6.57 Å². The van der Waals surface area contributed by atoms with E-state index in [9.17, 15) is 0 Å². The standard InChI is InChI=1S/C50H30N2/c1-51-34-14-13-17-36(31-34)52(35-15-3-2-4-16-35)37-27-26-32-29-44-47(30-33(32)28-37)50(45-24-11-9-20-40(45)41-21-10-12-25-46(41)50)49-43-23-8-6-19-39(43)38-18-5-7-22-42(38)48(44)49/h2-31H. The lowest BCUT2D eigenvalue weighted by Crippen LogP contribution is -2.26. The zero-order valence-electron chi connectivity index (χ0n) is 28.2. The van der Waals surface area contributed by atoms with Gasteiger partial charge in [0.1, 0.15) is 0 Å². The van der Waals surface area contributed by atoms with Gasteiger partial charge in [0, 0.05) is 17.1 Å². The number of hydrogen-bond donors (Lipinski definition) is 0. The predicted molar refractivity (Wildman–Crippen MR) is 216 cm³/mol. The van der Waals surface area contributed by atoms with E-state index >= 15 is 0 Å². The van der Waals surface area contributed by atoms with Crippen LogP contribution in [-0.4, -0.2) is 0 Å². The fourth-order valence-corrected chi connectivity index (χ4v) is 9.41. The lowest BCUT2D eigenvalue weighted by atomic mass is 9.69. The van der Waals surface area contributed by atoms with E-state index in [1.165, 1.54) is 76.8 Å². The summed E-state index contributed by atoms with van der Waals surface area (Å²) >= 11 is 0. The SMILES string of the molecule is [C-]#[N+]c1cccc(N(c2ccccc2)c2ccc3cc4c(cc3c2)C2(c3ccccc3-c3ccccc32)c2c-4c3ccccc3c3ccccc23)c1. The summed E-state index contributed by atoms with van der Waals surface area (Å²) in [4.78, 5) is 6.01. The highest BCUT2D eigenvalue weighted by Crippen LogP contribution is 2.65. The minimum atomic E-state index is -0.491. The van der Waals surface area contributed by atoms with Crippen molar-refractivity contribution in [3.8, 4) is 22.3 Å². The van der Waals surface area contributed by atoms with Crippen LogP contribution in [0.15, 0.2) is 182 Å². The lowest BCUT2D eigenvalue weighted by Gasteiger charge is -2.32. The summed E-state index contributed by atoms with van der Waals surface area (Å²) in [5, 5.41) is 7.56. The predicted octanol–water partition coefficient (Wildman–Crippen LogP) is 13.5. The molecule has 9 aromatic rings. The highest BCUT2D eigenvalue weighted by atomic mass is 15.1. The van der Waals surface area contributed by atoms with Crippen molar-refractivity contribution in [1.82, 2.24) is 0 Å². The first-order valence-corrected chi connectivity index (χ1v) is 17.8. The molecule has 11 rings (SSSR count). The Labute approximate surface area is 302 Å². The van der Waals surface area contributed by atoms with Gasteiger partial charge in [-0.2, -0.15) is 0 Å². The van der Waals surface area contributed by atoms with Crippen LogP contribution in [0.3, 0.4) is 0 Å². The van der Waals surface area contributed by atoms with Gasteiger partial charge in [-0.15, -0.1) is 0 Å². The molecule has 0 atom stereocenters. The zero-order chi connectivity index (χ0) is 34.4. The fourth-order valence-electron chi connectivity index (χ4n) is 9.41. The molecule has 0 aromatic heterocycles. The lowest BCUT2D eigenvalue weighted by molar-refractivity contribution is 0.803. The minimum Gasteiger partial charge on any atom is -0.312 e. The quantitative estimate of drug-likeness (QED) is 0.135. The van der Waals surface area contributed by atoms with E-state index in [0.29, 0.717) is 5.69 Å². The van der Waals surface area contributed by atoms with Crippen LogP contribution in [0.2, 0.25) is 0 Å². The molecule has 0 aliphatic heterocycles. The number of para-hydroxylation sites is 1. The summed E-state index contributed by atoms with van der Waals surface area (Å²) in [6.45, 7) is 7.71. The molecule has 0 N–H and O–H groups in total. The molecule has 0 heterocycles. The zero-order valence-corrected chi connectivity index (χ0v) is 28.2. The van der Waals surface area contributed by atoms with E-state index < -0.39 is 5.41 Å². The summed E-state index contributed by atoms with van der Waals surface area (Å²) < 4.78 is 0. The maximum Gasteiger partial charge on any atom is 0.189 e. The molecule has 2 nitrogen and oxygen atoms in total. The van der Waals surface area contributed by atoms with Gasteiger partial charge >= 0.3 is 0 Å². The summed E-state index contributed by atoms with van der Waals surface area (Å²) in [7, 11) is 0. The van der Waals surface area contributed by atoms with Gasteiger partial charge in [0.05, 0.1) is 12.0 Å². The molecule has 52 heavy (non-hydrogen) atoms. The van der Waals surface area contributed by atoms with Gasteiger partial charge in [0.15, 0.2) is 5.69 Å². The molecule has 2 heteroatoms. The Balaban J connectivity index is 1.27. The van der Waals surface area contributed by atoms with Gasteiger partial charge in [-0.25, -0.2) is 4.85 Å². The number of hydrogen-bond acceptors (Lipinski definition) is 1. The Morgan fingerprint density at radius 3 is 1.73 bits per heavy atom. The average Bonchev–Trinajstić information content (AvgIpc) is 3.68. The molecular formula is C50H30N2. The Bertz CT molecular complexity index is 2940. The van der Waals surface area contributed by atoms with Crippen molar-refractivity contribution in [3.05, 3.63) is 216 Å². The van der Waals surface area contributed by atoms with Crippen LogP contribution in [0.1, 0.15) is 22.3 Å². The number of fused-ring (bicyclic) bond motifs is 16. The van der Waals surface area contributed by atoms with E-state index in [-0.39, 0.29) is 0 Å². The Kier molecular flexibility index (Phi) is 5.98. The van der Waals surface area contributed by atoms with E-state index in [2.05, 4.69) is 167 Å². The largest absolute Gasteiger partial charge is 0.312 e. The van der Waals surface area contributed by atoms with E-state index in [1.54, 1.807) is 0 Å². The molecule has 0 bridgehead atoms. The third-order valence-corrected chi connectivity index (χ3v) is 11.4. The first kappa shape index (κ1) is 28.8. The average molecular weight is 659 g/mol. The van der Waals surface area contributed by atoms with Crippen LogP contribution in [0.5, 0.6) is 0 Å². The van der Waals surface area contributed by atoms with Gasteiger partial charge in [-0.05, 0) is 125 Å². The number of rotatable bonds is 3. The number of benzene rings is 9. The third-order valence-electron chi connectivity index (χ3n) is 11.4. The summed E-state index contributed by atoms with van der Waals surface area (Å²) in [6.07, 6.45) is 0. The van der Waals surface area contributed by atoms with Gasteiger partial charge in [0.25, 0.3) is 0 Å². The Hall–Kier alpha value is -6.95. The normalized spacial score (nSPS) is 13.1. The van der Waals surface area contributed by atoms with Crippen molar-refractivity contribution in [1.29, 1.82) is 0 Å². The van der Waals surface area contributed by atoms with Crippen molar-refractivity contribution >= 4 is 55.1 Å². The van der Waals surface area contributed by atoms with Crippen molar-refractivity contribution in [2.75, 3.05) is 4.90 Å². The van der Waals surface area contributed by atoms with Gasteiger partial charge in [0.2, 0.25) is 0 Å². The van der Waals surface area contributed by atoms with E-state index in [0.717, 1.165) is 17.1 Å². The molecule has 0 saturated carbocycles. The van der Waals surface area contributed by atoms with Crippen LogP contribution in [0.4, 0.5) is 22.7 Å². The molecule has 9 aromatic carbocycles. The van der Waals surface area contributed by atoms with Crippen molar-refractivity contribution in [2.24, 2.45) is 0 Å². The minimum absolute atomic E-state index is 0.491. The topological polar surface area (TPSA) is 7.60 Å². The molecule has 2 aliphatic carbocycles. The second-order valence-corrected chi connectivity index (χ2v) is 13.9. The second kappa shape index (κ2) is 10.8. The van der Waals surface area contributed by atoms with Crippen LogP contribution >= 0.6 is 0 Å². The first-order valence-electron chi connectivity index (χ1n) is 17.8. The summed E-state index contributed by atoms with van der Waals surface area (Å²) in [5.41, 5.74) is 13.8. The molecule has 0 amide bonds. The number of anilines is 3. The Morgan fingerprint density at radius 2 is 1.00 bits per heavy atom. The van der Waals surface area contributed by atoms with Gasteiger partial charge in [-0.3, -0.25) is 0 Å². The second-order valence-electron chi connectivity index (χ2n) is 13.9. The van der Waals surface area contributed by atoms with E-state index in [1.807, 2.05) is 24.3 Å². The van der Waals surface area contributed by atoms with Gasteiger partial charge in [-0.1, -0.05) is 133 Å². The van der Waals surface area contributed by atoms with Crippen molar-refractivity contribution < 1.29 is 0 Å². The smallest absolute Gasteiger partial charge is 0.189 e. The molecule has 2 aliphatic rings. The molecule has 0 radical (unpaired) electrons. The number of nitrogens with zero attached hydrogens (tertiary/aromatic N) is 2. The van der Waals surface area contributed by atoms with Crippen LogP contribution in [0.25, 0.3) is 59.4 Å². The third kappa shape index (κ3) is 3.77. The summed E-state index contributed by atoms with van der Waals surface area (Å²) in [6, 6.07) is 66.2. The molecule has 1 spiro atoms. The van der Waals surface area contributed by atoms with Crippen molar-refractivity contribution in [2.45, 2.75) is 5.41 Å². The van der Waals surface area contributed by atoms with Crippen LogP contribution in [-0.2, 0) is 5.41 Å². The first-order chi connectivity index (χ1) is 25.8. The molecule has 240 valence electrons. The maximum absolute atomic E-state index is 7.71. The van der Waals surface area contributed by atoms with Crippen LogP contribution in [0, 0.1) is 6.57 Å². The molecule has 0 saturated heterocycles. The highest BCUT2D eigenvalue weighted by molar-refractivity contribution is 6.20. The maximum atomic E-state index is 7.71. The molecule has 0 fully saturated rings. The Morgan fingerprint density at radius 1 is 0.404 bits per heavy atom. The molecular weight excluding hydrogens is 629 g/mol.